The molecule has 1 saturated heterocycles. The number of benzene rings is 1. The van der Waals surface area contributed by atoms with E-state index >= 15 is 0 Å². The van der Waals surface area contributed by atoms with Gasteiger partial charge in [-0.05, 0) is 37.3 Å². The highest BCUT2D eigenvalue weighted by Crippen LogP contribution is 2.21. The largest absolute Gasteiger partial charge is 0.419 e. The molecule has 7 heteroatoms. The first-order valence-electron chi connectivity index (χ1n) is 9.62. The van der Waals surface area contributed by atoms with Gasteiger partial charge in [0.15, 0.2) is 5.58 Å². The highest BCUT2D eigenvalue weighted by Gasteiger charge is 2.23. The lowest BCUT2D eigenvalue weighted by molar-refractivity contribution is -0.122. The lowest BCUT2D eigenvalue weighted by atomic mass is 9.92. The average Bonchev–Trinajstić information content (AvgIpc) is 2.85. The smallest absolute Gasteiger partial charge is 0.408 e. The first-order valence-corrected chi connectivity index (χ1v) is 10.00. The van der Waals surface area contributed by atoms with Crippen LogP contribution >= 0.6 is 11.6 Å². The molecule has 0 radical (unpaired) electrons. The van der Waals surface area contributed by atoms with Gasteiger partial charge in [-0.15, -0.1) is 0 Å². The summed E-state index contributed by atoms with van der Waals surface area (Å²) in [5, 5.41) is 3.56. The molecule has 2 heterocycles. The summed E-state index contributed by atoms with van der Waals surface area (Å²) in [5.74, 6) is 0.873. The minimum Gasteiger partial charge on any atom is -0.408 e. The summed E-state index contributed by atoms with van der Waals surface area (Å²) in [5.41, 5.74) is 1.09. The van der Waals surface area contributed by atoms with Crippen molar-refractivity contribution in [3.63, 3.8) is 0 Å². The van der Waals surface area contributed by atoms with E-state index in [1.165, 1.54) is 11.0 Å². The van der Waals surface area contributed by atoms with E-state index in [1.54, 1.807) is 18.2 Å². The van der Waals surface area contributed by atoms with Gasteiger partial charge in [-0.1, -0.05) is 25.4 Å². The van der Waals surface area contributed by atoms with E-state index in [1.807, 2.05) is 6.92 Å². The number of rotatable bonds is 6. The van der Waals surface area contributed by atoms with Crippen LogP contribution in [0.15, 0.2) is 27.4 Å². The van der Waals surface area contributed by atoms with Crippen LogP contribution in [0, 0.1) is 11.8 Å². The molecule has 1 N–H and O–H groups in total. The SMILES string of the molecule is C[C@@H]1C[C@H](C)CN(C[C@@H](C)NC(=O)CCn2c(=O)oc3cc(Cl)ccc32)C1. The van der Waals surface area contributed by atoms with Crippen LogP contribution in [0.25, 0.3) is 11.1 Å². The number of nitrogens with zero attached hydrogens (tertiary/aromatic N) is 2. The van der Waals surface area contributed by atoms with E-state index in [0.29, 0.717) is 28.0 Å². The van der Waals surface area contributed by atoms with Crippen LogP contribution in [-0.2, 0) is 11.3 Å². The fourth-order valence-electron chi connectivity index (χ4n) is 4.19. The third kappa shape index (κ3) is 5.14. The molecule has 0 aliphatic carbocycles. The maximum absolute atomic E-state index is 12.3. The van der Waals surface area contributed by atoms with E-state index in [4.69, 9.17) is 16.0 Å². The number of halogens is 1. The summed E-state index contributed by atoms with van der Waals surface area (Å²) in [6.45, 7) is 9.91. The molecule has 6 nitrogen and oxygen atoms in total. The zero-order chi connectivity index (χ0) is 19.6. The Labute approximate surface area is 164 Å². The highest BCUT2D eigenvalue weighted by atomic mass is 35.5. The number of carbonyl (C=O) groups excluding carboxylic acids is 1. The van der Waals surface area contributed by atoms with Gasteiger partial charge in [-0.25, -0.2) is 4.79 Å². The van der Waals surface area contributed by atoms with Crippen molar-refractivity contribution in [3.05, 3.63) is 33.8 Å². The average molecular weight is 394 g/mol. The molecular weight excluding hydrogens is 366 g/mol. The van der Waals surface area contributed by atoms with Crippen molar-refractivity contribution >= 4 is 28.6 Å². The Morgan fingerprint density at radius 2 is 2.04 bits per heavy atom. The van der Waals surface area contributed by atoms with Gasteiger partial charge in [0, 0.05) is 49.7 Å². The number of fused-ring (bicyclic) bond motifs is 1. The second kappa shape index (κ2) is 8.48. The van der Waals surface area contributed by atoms with Crippen LogP contribution < -0.4 is 11.1 Å². The monoisotopic (exact) mass is 393 g/mol. The molecule has 27 heavy (non-hydrogen) atoms. The van der Waals surface area contributed by atoms with Crippen LogP contribution in [0.1, 0.15) is 33.6 Å². The molecule has 2 aromatic rings. The third-order valence-electron chi connectivity index (χ3n) is 5.08. The van der Waals surface area contributed by atoms with E-state index in [2.05, 4.69) is 24.1 Å². The number of hydrogen-bond donors (Lipinski definition) is 1. The fraction of sp³-hybridized carbons (Fsp3) is 0.600. The second-order valence-electron chi connectivity index (χ2n) is 8.01. The lowest BCUT2D eigenvalue weighted by Gasteiger charge is -2.36. The molecule has 1 fully saturated rings. The van der Waals surface area contributed by atoms with Gasteiger partial charge in [-0.3, -0.25) is 9.36 Å². The molecule has 0 spiro atoms. The zero-order valence-electron chi connectivity index (χ0n) is 16.2. The topological polar surface area (TPSA) is 67.5 Å². The summed E-state index contributed by atoms with van der Waals surface area (Å²) in [4.78, 5) is 26.8. The van der Waals surface area contributed by atoms with Gasteiger partial charge in [0.05, 0.1) is 5.52 Å². The van der Waals surface area contributed by atoms with Crippen LogP contribution in [0.3, 0.4) is 0 Å². The van der Waals surface area contributed by atoms with Gasteiger partial charge in [-0.2, -0.15) is 0 Å². The maximum atomic E-state index is 12.3. The Morgan fingerprint density at radius 1 is 1.33 bits per heavy atom. The van der Waals surface area contributed by atoms with E-state index in [0.717, 1.165) is 19.6 Å². The Kier molecular flexibility index (Phi) is 6.27. The van der Waals surface area contributed by atoms with Crippen molar-refractivity contribution in [2.75, 3.05) is 19.6 Å². The van der Waals surface area contributed by atoms with E-state index in [-0.39, 0.29) is 24.9 Å². The number of aromatic nitrogens is 1. The van der Waals surface area contributed by atoms with E-state index in [9.17, 15) is 9.59 Å². The lowest BCUT2D eigenvalue weighted by Crippen LogP contribution is -2.47. The summed E-state index contributed by atoms with van der Waals surface area (Å²) < 4.78 is 6.67. The summed E-state index contributed by atoms with van der Waals surface area (Å²) >= 11 is 5.92. The van der Waals surface area contributed by atoms with Gasteiger partial charge in [0.1, 0.15) is 0 Å². The molecular formula is C20H28ClN3O3. The highest BCUT2D eigenvalue weighted by molar-refractivity contribution is 6.31. The Balaban J connectivity index is 1.52. The maximum Gasteiger partial charge on any atom is 0.419 e. The Bertz CT molecular complexity index is 850. The van der Waals surface area contributed by atoms with Crippen molar-refractivity contribution in [3.8, 4) is 0 Å². The molecule has 1 aromatic heterocycles. The van der Waals surface area contributed by atoms with Gasteiger partial charge < -0.3 is 14.6 Å². The molecule has 0 bridgehead atoms. The molecule has 3 atom stereocenters. The molecule has 1 aliphatic heterocycles. The number of likely N-dealkylation sites (tertiary alicyclic amines) is 1. The number of aryl methyl sites for hydroxylation is 1. The summed E-state index contributed by atoms with van der Waals surface area (Å²) in [7, 11) is 0. The van der Waals surface area contributed by atoms with Crippen LogP contribution in [-0.4, -0.2) is 41.1 Å². The normalized spacial score (nSPS) is 22.1. The number of piperidine rings is 1. The van der Waals surface area contributed by atoms with E-state index < -0.39 is 5.76 Å². The summed E-state index contributed by atoms with van der Waals surface area (Å²) in [6, 6.07) is 5.13. The van der Waals surface area contributed by atoms with Gasteiger partial charge >= 0.3 is 5.76 Å². The minimum atomic E-state index is -0.468. The standard InChI is InChI=1S/C20H28ClN3O3/c1-13-8-14(2)11-23(10-13)12-15(3)22-19(25)6-7-24-17-5-4-16(21)9-18(17)27-20(24)26/h4-5,9,13-15H,6-8,10-12H2,1-3H3,(H,22,25)/t13-,14+,15-/m1/s1. The fourth-order valence-corrected chi connectivity index (χ4v) is 4.35. The molecule has 0 saturated carbocycles. The first kappa shape index (κ1) is 20.0. The van der Waals surface area contributed by atoms with Gasteiger partial charge in [0.25, 0.3) is 0 Å². The number of hydrogen-bond acceptors (Lipinski definition) is 4. The first-order chi connectivity index (χ1) is 12.8. The predicted octanol–water partition coefficient (Wildman–Crippen LogP) is 3.12. The number of oxazole rings is 1. The van der Waals surface area contributed by atoms with Crippen molar-refractivity contribution in [2.45, 2.75) is 46.2 Å². The van der Waals surface area contributed by atoms with Crippen molar-refractivity contribution in [1.29, 1.82) is 0 Å². The van der Waals surface area contributed by atoms with Crippen molar-refractivity contribution < 1.29 is 9.21 Å². The zero-order valence-corrected chi connectivity index (χ0v) is 17.0. The number of carbonyl (C=O) groups is 1. The quantitative estimate of drug-likeness (QED) is 0.818. The molecule has 1 aromatic carbocycles. The van der Waals surface area contributed by atoms with Crippen LogP contribution in [0.4, 0.5) is 0 Å². The molecule has 148 valence electrons. The number of nitrogens with one attached hydrogen (secondary N) is 1. The molecule has 1 amide bonds. The molecule has 3 rings (SSSR count). The van der Waals surface area contributed by atoms with Crippen LogP contribution in [0.2, 0.25) is 5.02 Å². The molecule has 1 aliphatic rings. The third-order valence-corrected chi connectivity index (χ3v) is 5.31. The van der Waals surface area contributed by atoms with Crippen LogP contribution in [0.5, 0.6) is 0 Å². The Morgan fingerprint density at radius 3 is 2.74 bits per heavy atom. The second-order valence-corrected chi connectivity index (χ2v) is 8.45. The summed E-state index contributed by atoms with van der Waals surface area (Å²) in [6.07, 6.45) is 1.50. The van der Waals surface area contributed by atoms with Crippen molar-refractivity contribution in [2.24, 2.45) is 11.8 Å². The Hall–Kier alpha value is -1.79. The van der Waals surface area contributed by atoms with Crippen molar-refractivity contribution in [1.82, 2.24) is 14.8 Å². The predicted molar refractivity (Wildman–Crippen MR) is 107 cm³/mol. The van der Waals surface area contributed by atoms with Gasteiger partial charge in [0.2, 0.25) is 5.91 Å². The molecule has 0 unspecified atom stereocenters. The number of amides is 1. The minimum absolute atomic E-state index is 0.0594.